The minimum Gasteiger partial charge on any atom is -0.508 e. The van der Waals surface area contributed by atoms with E-state index in [-0.39, 0.29) is 5.75 Å². The zero-order valence-electron chi connectivity index (χ0n) is 11.3. The van der Waals surface area contributed by atoms with E-state index in [1.807, 2.05) is 0 Å². The number of anilines is 1. The van der Waals surface area contributed by atoms with E-state index in [1.165, 1.54) is 29.2 Å². The standard InChI is InChI=1S/C13H16N2O5S/c16-11-3-1-10(2-4-11)15(9-12(17)18)13(19)14-5-7-21(20)8-6-14/h1-4,16H,5-9H2,(H,17,18). The van der Waals surface area contributed by atoms with Crippen LogP contribution in [0.1, 0.15) is 0 Å². The first-order valence-corrected chi connectivity index (χ1v) is 7.88. The number of carboxylic acid groups (broad SMARTS) is 1. The number of hydrogen-bond donors (Lipinski definition) is 2. The number of urea groups is 1. The summed E-state index contributed by atoms with van der Waals surface area (Å²) in [5.74, 6) is -0.281. The zero-order valence-corrected chi connectivity index (χ0v) is 12.1. The third kappa shape index (κ3) is 3.94. The van der Waals surface area contributed by atoms with Crippen LogP contribution in [0.4, 0.5) is 10.5 Å². The fourth-order valence-electron chi connectivity index (χ4n) is 2.04. The Morgan fingerprint density at radius 1 is 1.19 bits per heavy atom. The zero-order chi connectivity index (χ0) is 15.4. The van der Waals surface area contributed by atoms with Crippen LogP contribution in [0.15, 0.2) is 24.3 Å². The van der Waals surface area contributed by atoms with Crippen molar-refractivity contribution in [1.82, 2.24) is 4.90 Å². The molecule has 2 rings (SSSR count). The lowest BCUT2D eigenvalue weighted by atomic mass is 10.2. The van der Waals surface area contributed by atoms with Crippen molar-refractivity contribution < 1.29 is 24.0 Å². The summed E-state index contributed by atoms with van der Waals surface area (Å²) < 4.78 is 11.3. The highest BCUT2D eigenvalue weighted by atomic mass is 32.2. The molecule has 0 unspecified atom stereocenters. The fourth-order valence-corrected chi connectivity index (χ4v) is 3.09. The molecule has 1 aliphatic heterocycles. The van der Waals surface area contributed by atoms with Crippen molar-refractivity contribution in [3.8, 4) is 5.75 Å². The molecule has 21 heavy (non-hydrogen) atoms. The average Bonchev–Trinajstić information content (AvgIpc) is 2.46. The van der Waals surface area contributed by atoms with E-state index in [9.17, 15) is 18.9 Å². The number of aliphatic carboxylic acids is 1. The molecule has 0 aliphatic carbocycles. The van der Waals surface area contributed by atoms with Crippen LogP contribution in [0.3, 0.4) is 0 Å². The van der Waals surface area contributed by atoms with E-state index >= 15 is 0 Å². The van der Waals surface area contributed by atoms with Gasteiger partial charge in [0.15, 0.2) is 0 Å². The summed E-state index contributed by atoms with van der Waals surface area (Å²) in [7, 11) is -0.911. The van der Waals surface area contributed by atoms with Crippen LogP contribution in [-0.2, 0) is 15.6 Å². The van der Waals surface area contributed by atoms with Gasteiger partial charge in [-0.15, -0.1) is 0 Å². The molecule has 0 bridgehead atoms. The van der Waals surface area contributed by atoms with Gasteiger partial charge in [0, 0.05) is 41.1 Å². The highest BCUT2D eigenvalue weighted by molar-refractivity contribution is 7.85. The quantitative estimate of drug-likeness (QED) is 0.845. The van der Waals surface area contributed by atoms with E-state index in [2.05, 4.69) is 0 Å². The van der Waals surface area contributed by atoms with Crippen molar-refractivity contribution in [2.75, 3.05) is 36.0 Å². The normalized spacial score (nSPS) is 15.7. The maximum Gasteiger partial charge on any atom is 0.325 e. The molecule has 1 aliphatic rings. The first kappa shape index (κ1) is 15.3. The largest absolute Gasteiger partial charge is 0.508 e. The predicted octanol–water partition coefficient (Wildman–Crippen LogP) is 0.468. The molecule has 0 aromatic heterocycles. The summed E-state index contributed by atoms with van der Waals surface area (Å²) in [4.78, 5) is 26.1. The average molecular weight is 312 g/mol. The van der Waals surface area contributed by atoms with Gasteiger partial charge in [0.1, 0.15) is 12.3 Å². The lowest BCUT2D eigenvalue weighted by Gasteiger charge is -2.32. The molecule has 2 amide bonds. The molecule has 2 N–H and O–H groups in total. The number of carbonyl (C=O) groups excluding carboxylic acids is 1. The number of rotatable bonds is 3. The Hall–Kier alpha value is -2.09. The maximum atomic E-state index is 12.5. The number of nitrogens with zero attached hydrogens (tertiary/aromatic N) is 2. The third-order valence-corrected chi connectivity index (χ3v) is 4.41. The van der Waals surface area contributed by atoms with Gasteiger partial charge in [0.2, 0.25) is 0 Å². The van der Waals surface area contributed by atoms with Crippen molar-refractivity contribution in [3.63, 3.8) is 0 Å². The monoisotopic (exact) mass is 312 g/mol. The smallest absolute Gasteiger partial charge is 0.325 e. The second-order valence-electron chi connectivity index (χ2n) is 4.61. The number of carbonyl (C=O) groups is 2. The van der Waals surface area contributed by atoms with Crippen LogP contribution >= 0.6 is 0 Å². The van der Waals surface area contributed by atoms with E-state index in [0.29, 0.717) is 30.3 Å². The molecular weight excluding hydrogens is 296 g/mol. The number of carboxylic acids is 1. The van der Waals surface area contributed by atoms with Gasteiger partial charge in [-0.3, -0.25) is 13.9 Å². The van der Waals surface area contributed by atoms with E-state index < -0.39 is 29.3 Å². The van der Waals surface area contributed by atoms with Crippen LogP contribution in [0.5, 0.6) is 5.75 Å². The van der Waals surface area contributed by atoms with E-state index in [1.54, 1.807) is 0 Å². The van der Waals surface area contributed by atoms with Gasteiger partial charge in [-0.2, -0.15) is 0 Å². The summed E-state index contributed by atoms with van der Waals surface area (Å²) in [6, 6.07) is 5.32. The topological polar surface area (TPSA) is 98.2 Å². The molecule has 114 valence electrons. The molecule has 1 heterocycles. The number of benzene rings is 1. The van der Waals surface area contributed by atoms with E-state index in [0.717, 1.165) is 4.90 Å². The van der Waals surface area contributed by atoms with Crippen LogP contribution in [0.25, 0.3) is 0 Å². The SMILES string of the molecule is O=C(O)CN(C(=O)N1CCS(=O)CC1)c1ccc(O)cc1. The molecule has 1 saturated heterocycles. The van der Waals surface area contributed by atoms with Crippen molar-refractivity contribution >= 4 is 28.5 Å². The van der Waals surface area contributed by atoms with Gasteiger partial charge in [-0.25, -0.2) is 4.79 Å². The van der Waals surface area contributed by atoms with Gasteiger partial charge in [0.25, 0.3) is 0 Å². The molecule has 0 spiro atoms. The minimum atomic E-state index is -1.13. The summed E-state index contributed by atoms with van der Waals surface area (Å²) in [6.45, 7) is 0.225. The molecule has 0 saturated carbocycles. The van der Waals surface area contributed by atoms with Crippen molar-refractivity contribution in [1.29, 1.82) is 0 Å². The van der Waals surface area contributed by atoms with Crippen LogP contribution in [0.2, 0.25) is 0 Å². The first-order valence-electron chi connectivity index (χ1n) is 6.39. The Morgan fingerprint density at radius 2 is 1.76 bits per heavy atom. The molecule has 1 aromatic carbocycles. The van der Waals surface area contributed by atoms with Crippen molar-refractivity contribution in [2.24, 2.45) is 0 Å². The van der Waals surface area contributed by atoms with Crippen LogP contribution in [-0.4, -0.2) is 62.5 Å². The number of amides is 2. The van der Waals surface area contributed by atoms with Gasteiger partial charge < -0.3 is 15.1 Å². The third-order valence-electron chi connectivity index (χ3n) is 3.13. The molecule has 1 fully saturated rings. The number of phenolic OH excluding ortho intramolecular Hbond substituents is 1. The lowest BCUT2D eigenvalue weighted by Crippen LogP contribution is -2.50. The number of hydrogen-bond acceptors (Lipinski definition) is 4. The highest BCUT2D eigenvalue weighted by Gasteiger charge is 2.27. The summed E-state index contributed by atoms with van der Waals surface area (Å²) in [5.41, 5.74) is 0.395. The summed E-state index contributed by atoms with van der Waals surface area (Å²) in [6.07, 6.45) is 0. The maximum absolute atomic E-state index is 12.5. The Bertz CT molecular complexity index is 550. The molecule has 7 nitrogen and oxygen atoms in total. The van der Waals surface area contributed by atoms with Crippen LogP contribution in [0, 0.1) is 0 Å². The Balaban J connectivity index is 2.18. The van der Waals surface area contributed by atoms with Gasteiger partial charge in [-0.1, -0.05) is 0 Å². The lowest BCUT2D eigenvalue weighted by molar-refractivity contribution is -0.135. The predicted molar refractivity (Wildman–Crippen MR) is 77.9 cm³/mol. The summed E-state index contributed by atoms with van der Waals surface area (Å²) >= 11 is 0. The van der Waals surface area contributed by atoms with E-state index in [4.69, 9.17) is 5.11 Å². The fraction of sp³-hybridized carbons (Fsp3) is 0.385. The molecule has 1 aromatic rings. The van der Waals surface area contributed by atoms with Crippen LogP contribution < -0.4 is 4.90 Å². The van der Waals surface area contributed by atoms with Gasteiger partial charge >= 0.3 is 12.0 Å². The molecular formula is C13H16N2O5S. The molecule has 0 radical (unpaired) electrons. The minimum absolute atomic E-state index is 0.0369. The highest BCUT2D eigenvalue weighted by Crippen LogP contribution is 2.20. The summed E-state index contributed by atoms with van der Waals surface area (Å²) in [5, 5.41) is 18.3. The molecule has 0 atom stereocenters. The Morgan fingerprint density at radius 3 is 2.29 bits per heavy atom. The van der Waals surface area contributed by atoms with Gasteiger partial charge in [0.05, 0.1) is 0 Å². The number of phenols is 1. The van der Waals surface area contributed by atoms with Crippen molar-refractivity contribution in [3.05, 3.63) is 24.3 Å². The second-order valence-corrected chi connectivity index (χ2v) is 6.31. The van der Waals surface area contributed by atoms with Gasteiger partial charge in [-0.05, 0) is 24.3 Å². The van der Waals surface area contributed by atoms with Crippen molar-refractivity contribution in [2.45, 2.75) is 0 Å². The molecule has 8 heteroatoms. The Labute approximate surface area is 124 Å². The Kier molecular flexibility index (Phi) is 4.79. The number of aromatic hydroxyl groups is 1. The second kappa shape index (κ2) is 6.57. The first-order chi connectivity index (χ1) is 9.97.